The van der Waals surface area contributed by atoms with E-state index in [9.17, 15) is 9.59 Å². The van der Waals surface area contributed by atoms with Crippen molar-refractivity contribution >= 4 is 27.7 Å². The first-order valence-electron chi connectivity index (χ1n) is 5.10. The first-order chi connectivity index (χ1) is 7.60. The second-order valence-corrected chi connectivity index (χ2v) is 4.12. The smallest absolute Gasteiger partial charge is 0.379 e. The van der Waals surface area contributed by atoms with Gasteiger partial charge in [0.15, 0.2) is 0 Å². The molecular formula is C12H13BrO3. The van der Waals surface area contributed by atoms with Gasteiger partial charge in [-0.2, -0.15) is 0 Å². The van der Waals surface area contributed by atoms with Crippen molar-refractivity contribution in [3.63, 3.8) is 0 Å². The lowest BCUT2D eigenvalue weighted by Gasteiger charge is -2.06. The molecule has 3 nitrogen and oxygen atoms in total. The van der Waals surface area contributed by atoms with E-state index in [1.165, 1.54) is 0 Å². The quantitative estimate of drug-likeness (QED) is 0.485. The van der Waals surface area contributed by atoms with Crippen LogP contribution in [0.5, 0.6) is 0 Å². The van der Waals surface area contributed by atoms with Crippen molar-refractivity contribution in [1.29, 1.82) is 0 Å². The number of carbonyl (C=O) groups excluding carboxylic acids is 2. The molecule has 0 saturated carbocycles. The highest BCUT2D eigenvalue weighted by molar-refractivity contribution is 9.10. The number of benzene rings is 1. The predicted molar refractivity (Wildman–Crippen MR) is 64.5 cm³/mol. The van der Waals surface area contributed by atoms with Crippen LogP contribution in [-0.4, -0.2) is 18.4 Å². The molecule has 0 saturated heterocycles. The Bertz CT molecular complexity index is 413. The Morgan fingerprint density at radius 1 is 1.31 bits per heavy atom. The Labute approximate surface area is 103 Å². The van der Waals surface area contributed by atoms with Crippen molar-refractivity contribution in [1.82, 2.24) is 0 Å². The van der Waals surface area contributed by atoms with Gasteiger partial charge in [-0.15, -0.1) is 0 Å². The van der Waals surface area contributed by atoms with E-state index in [0.717, 1.165) is 10.0 Å². The predicted octanol–water partition coefficient (Wildman–Crippen LogP) is 2.76. The van der Waals surface area contributed by atoms with E-state index in [0.29, 0.717) is 12.0 Å². The minimum atomic E-state index is -0.796. The number of esters is 1. The van der Waals surface area contributed by atoms with Crippen LogP contribution in [0.15, 0.2) is 22.7 Å². The molecule has 16 heavy (non-hydrogen) atoms. The van der Waals surface area contributed by atoms with Crippen LogP contribution in [0, 0.1) is 0 Å². The van der Waals surface area contributed by atoms with Crippen molar-refractivity contribution in [3.05, 3.63) is 33.8 Å². The Morgan fingerprint density at radius 3 is 2.56 bits per heavy atom. The van der Waals surface area contributed by atoms with Crippen LogP contribution in [0.25, 0.3) is 0 Å². The number of carbonyl (C=O) groups is 2. The second kappa shape index (κ2) is 5.80. The first kappa shape index (κ1) is 12.9. The maximum absolute atomic E-state index is 11.8. The fourth-order valence-corrected chi connectivity index (χ4v) is 1.74. The summed E-state index contributed by atoms with van der Waals surface area (Å²) >= 11 is 3.28. The minimum absolute atomic E-state index is 0.208. The molecule has 1 aromatic rings. The molecular weight excluding hydrogens is 272 g/mol. The third-order valence-corrected chi connectivity index (χ3v) is 2.65. The van der Waals surface area contributed by atoms with Crippen molar-refractivity contribution in [2.24, 2.45) is 0 Å². The van der Waals surface area contributed by atoms with Gasteiger partial charge in [-0.25, -0.2) is 4.79 Å². The third-order valence-electron chi connectivity index (χ3n) is 2.16. The summed E-state index contributed by atoms with van der Waals surface area (Å²) in [5.74, 6) is -1.38. The normalized spacial score (nSPS) is 9.94. The van der Waals surface area contributed by atoms with Crippen LogP contribution in [0.1, 0.15) is 29.8 Å². The molecule has 0 amide bonds. The van der Waals surface area contributed by atoms with Gasteiger partial charge < -0.3 is 4.74 Å². The summed E-state index contributed by atoms with van der Waals surface area (Å²) in [4.78, 5) is 23.1. The third kappa shape index (κ3) is 2.92. The maximum atomic E-state index is 11.8. The van der Waals surface area contributed by atoms with E-state index >= 15 is 0 Å². The topological polar surface area (TPSA) is 43.4 Å². The van der Waals surface area contributed by atoms with E-state index in [2.05, 4.69) is 15.9 Å². The number of ether oxygens (including phenoxy) is 1. The highest BCUT2D eigenvalue weighted by Crippen LogP contribution is 2.18. The molecule has 0 aromatic heterocycles. The largest absolute Gasteiger partial charge is 0.460 e. The van der Waals surface area contributed by atoms with Crippen LogP contribution in [0.3, 0.4) is 0 Å². The maximum Gasteiger partial charge on any atom is 0.379 e. The molecule has 0 N–H and O–H groups in total. The number of hydrogen-bond donors (Lipinski definition) is 0. The molecule has 0 aliphatic rings. The molecule has 1 rings (SSSR count). The van der Waals surface area contributed by atoms with Gasteiger partial charge in [-0.05, 0) is 31.0 Å². The van der Waals surface area contributed by atoms with Gasteiger partial charge in [0.25, 0.3) is 5.78 Å². The summed E-state index contributed by atoms with van der Waals surface area (Å²) in [7, 11) is 0. The number of halogens is 1. The summed E-state index contributed by atoms with van der Waals surface area (Å²) in [6, 6.07) is 5.33. The molecule has 0 atom stereocenters. The fraction of sp³-hybridized carbons (Fsp3) is 0.333. The highest BCUT2D eigenvalue weighted by atomic mass is 79.9. The Morgan fingerprint density at radius 2 is 2.00 bits per heavy atom. The SMILES string of the molecule is CCOC(=O)C(=O)c1cc(Br)ccc1CC. The van der Waals surface area contributed by atoms with Gasteiger partial charge in [-0.1, -0.05) is 28.9 Å². The molecule has 0 unspecified atom stereocenters. The van der Waals surface area contributed by atoms with E-state index in [1.807, 2.05) is 19.1 Å². The molecule has 0 aliphatic carbocycles. The van der Waals surface area contributed by atoms with Crippen molar-refractivity contribution < 1.29 is 14.3 Å². The van der Waals surface area contributed by atoms with Crippen molar-refractivity contribution in [2.75, 3.05) is 6.61 Å². The van der Waals surface area contributed by atoms with E-state index in [-0.39, 0.29) is 6.61 Å². The number of rotatable bonds is 4. The van der Waals surface area contributed by atoms with Crippen molar-refractivity contribution in [3.8, 4) is 0 Å². The van der Waals surface area contributed by atoms with Gasteiger partial charge >= 0.3 is 5.97 Å². The molecule has 0 bridgehead atoms. The summed E-state index contributed by atoms with van der Waals surface area (Å²) in [5, 5.41) is 0. The molecule has 0 fully saturated rings. The molecule has 86 valence electrons. The summed E-state index contributed by atoms with van der Waals surface area (Å²) in [6.07, 6.45) is 0.702. The van der Waals surface area contributed by atoms with E-state index in [1.54, 1.807) is 13.0 Å². The Hall–Kier alpha value is -1.16. The molecule has 0 heterocycles. The summed E-state index contributed by atoms with van der Waals surface area (Å²) in [5.41, 5.74) is 1.26. The second-order valence-electron chi connectivity index (χ2n) is 3.20. The lowest BCUT2D eigenvalue weighted by molar-refractivity contribution is -0.137. The number of hydrogen-bond acceptors (Lipinski definition) is 3. The van der Waals surface area contributed by atoms with Gasteiger partial charge in [0.2, 0.25) is 0 Å². The molecule has 0 spiro atoms. The van der Waals surface area contributed by atoms with E-state index in [4.69, 9.17) is 4.74 Å². The minimum Gasteiger partial charge on any atom is -0.460 e. The van der Waals surface area contributed by atoms with Gasteiger partial charge in [-0.3, -0.25) is 4.79 Å². The van der Waals surface area contributed by atoms with E-state index < -0.39 is 11.8 Å². The zero-order valence-corrected chi connectivity index (χ0v) is 10.8. The summed E-state index contributed by atoms with van der Waals surface area (Å²) in [6.45, 7) is 3.82. The molecule has 0 radical (unpaired) electrons. The van der Waals surface area contributed by atoms with Crippen molar-refractivity contribution in [2.45, 2.75) is 20.3 Å². The van der Waals surface area contributed by atoms with Crippen LogP contribution >= 0.6 is 15.9 Å². The van der Waals surface area contributed by atoms with Gasteiger partial charge in [0.05, 0.1) is 6.61 Å². The van der Waals surface area contributed by atoms with Gasteiger partial charge in [0, 0.05) is 10.0 Å². The standard InChI is InChI=1S/C12H13BrO3/c1-3-8-5-6-9(13)7-10(8)11(14)12(15)16-4-2/h5-7H,3-4H2,1-2H3. The first-order valence-corrected chi connectivity index (χ1v) is 5.89. The average molecular weight is 285 g/mol. The Balaban J connectivity index is 3.06. The Kier molecular flexibility index (Phi) is 4.68. The lowest BCUT2D eigenvalue weighted by Crippen LogP contribution is -2.19. The monoisotopic (exact) mass is 284 g/mol. The number of aryl methyl sites for hydroxylation is 1. The number of ketones is 1. The summed E-state index contributed by atoms with van der Waals surface area (Å²) < 4.78 is 5.47. The van der Waals surface area contributed by atoms with Crippen LogP contribution in [-0.2, 0) is 16.0 Å². The molecule has 4 heteroatoms. The van der Waals surface area contributed by atoms with Crippen LogP contribution < -0.4 is 0 Å². The van der Waals surface area contributed by atoms with Crippen LogP contribution in [0.4, 0.5) is 0 Å². The zero-order valence-electron chi connectivity index (χ0n) is 9.25. The van der Waals surface area contributed by atoms with Crippen LogP contribution in [0.2, 0.25) is 0 Å². The zero-order chi connectivity index (χ0) is 12.1. The number of Topliss-reactive ketones (excluding diaryl/α,β-unsaturated/α-hetero) is 1. The molecule has 0 aliphatic heterocycles. The van der Waals surface area contributed by atoms with Gasteiger partial charge in [0.1, 0.15) is 0 Å². The molecule has 1 aromatic carbocycles. The fourth-order valence-electron chi connectivity index (χ4n) is 1.37. The highest BCUT2D eigenvalue weighted by Gasteiger charge is 2.20. The average Bonchev–Trinajstić information content (AvgIpc) is 2.28. The lowest BCUT2D eigenvalue weighted by atomic mass is 10.0.